The minimum absolute atomic E-state index is 0.487. The maximum absolute atomic E-state index is 6.54. The quantitative estimate of drug-likeness (QED) is 0.396. The molecular formula is C24H18ClN5O. The summed E-state index contributed by atoms with van der Waals surface area (Å²) in [4.78, 5) is 12.5. The Hall–Kier alpha value is -3.90. The summed E-state index contributed by atoms with van der Waals surface area (Å²) < 4.78 is 8.12. The number of halogens is 1. The molecule has 0 radical (unpaired) electrons. The highest BCUT2D eigenvalue weighted by Crippen LogP contribution is 2.35. The van der Waals surface area contributed by atoms with Gasteiger partial charge in [-0.3, -0.25) is 0 Å². The standard InChI is InChI=1S/C24H18ClN5O/c25-21-6-2-1-5-20(21)23-10-16-8-9-18(31-19-12-27-15-28-13-19)11-22(16)30(23)14-17-4-3-7-24(26)29-17/h1-13,15H,14H2,(H2,26,29). The van der Waals surface area contributed by atoms with E-state index in [1.165, 1.54) is 6.33 Å². The second-order valence-corrected chi connectivity index (χ2v) is 7.45. The van der Waals surface area contributed by atoms with E-state index in [-0.39, 0.29) is 0 Å². The zero-order chi connectivity index (χ0) is 21.2. The maximum atomic E-state index is 6.54. The van der Waals surface area contributed by atoms with Crippen LogP contribution in [0.2, 0.25) is 5.02 Å². The van der Waals surface area contributed by atoms with E-state index in [9.17, 15) is 0 Å². The average Bonchev–Trinajstić information content (AvgIpc) is 3.12. The zero-order valence-electron chi connectivity index (χ0n) is 16.4. The van der Waals surface area contributed by atoms with Crippen LogP contribution >= 0.6 is 11.6 Å². The topological polar surface area (TPSA) is 78.9 Å². The normalized spacial score (nSPS) is 11.0. The van der Waals surface area contributed by atoms with E-state index in [0.29, 0.717) is 28.9 Å². The van der Waals surface area contributed by atoms with E-state index in [2.05, 4.69) is 25.6 Å². The van der Waals surface area contributed by atoms with E-state index < -0.39 is 0 Å². The number of hydrogen-bond donors (Lipinski definition) is 1. The van der Waals surface area contributed by atoms with Crippen molar-refractivity contribution in [3.05, 3.63) is 96.2 Å². The third-order valence-electron chi connectivity index (χ3n) is 4.95. The lowest BCUT2D eigenvalue weighted by atomic mass is 10.1. The Morgan fingerprint density at radius 2 is 1.74 bits per heavy atom. The molecule has 0 fully saturated rings. The second-order valence-electron chi connectivity index (χ2n) is 7.05. The summed E-state index contributed by atoms with van der Waals surface area (Å²) in [6, 6.07) is 21.5. The summed E-state index contributed by atoms with van der Waals surface area (Å²) in [6.45, 7) is 0.535. The number of hydrogen-bond acceptors (Lipinski definition) is 5. The largest absolute Gasteiger partial charge is 0.454 e. The van der Waals surface area contributed by atoms with Crippen molar-refractivity contribution in [2.24, 2.45) is 0 Å². The van der Waals surface area contributed by atoms with Crippen molar-refractivity contribution in [3.8, 4) is 22.8 Å². The van der Waals surface area contributed by atoms with Gasteiger partial charge in [0.05, 0.1) is 35.8 Å². The molecule has 31 heavy (non-hydrogen) atoms. The van der Waals surface area contributed by atoms with Crippen LogP contribution in [-0.2, 0) is 6.54 Å². The predicted molar refractivity (Wildman–Crippen MR) is 122 cm³/mol. The fourth-order valence-corrected chi connectivity index (χ4v) is 3.82. The molecule has 0 spiro atoms. The zero-order valence-corrected chi connectivity index (χ0v) is 17.2. The van der Waals surface area contributed by atoms with Crippen molar-refractivity contribution in [2.75, 3.05) is 5.73 Å². The van der Waals surface area contributed by atoms with Crippen molar-refractivity contribution in [1.29, 1.82) is 0 Å². The molecule has 0 unspecified atom stereocenters. The molecule has 3 heterocycles. The summed E-state index contributed by atoms with van der Waals surface area (Å²) in [5.74, 6) is 1.75. The van der Waals surface area contributed by atoms with Gasteiger partial charge in [-0.2, -0.15) is 0 Å². The fraction of sp³-hybridized carbons (Fsp3) is 0.0417. The smallest absolute Gasteiger partial charge is 0.163 e. The van der Waals surface area contributed by atoms with Gasteiger partial charge in [-0.25, -0.2) is 15.0 Å². The summed E-state index contributed by atoms with van der Waals surface area (Å²) in [6.07, 6.45) is 4.72. The lowest BCUT2D eigenvalue weighted by molar-refractivity contribution is 0.478. The first-order valence-corrected chi connectivity index (χ1v) is 10.1. The van der Waals surface area contributed by atoms with Crippen molar-refractivity contribution in [1.82, 2.24) is 19.5 Å². The lowest BCUT2D eigenvalue weighted by Gasteiger charge is -2.13. The Balaban J connectivity index is 1.65. The van der Waals surface area contributed by atoms with Crippen molar-refractivity contribution in [3.63, 3.8) is 0 Å². The van der Waals surface area contributed by atoms with Crippen molar-refractivity contribution < 1.29 is 4.74 Å². The van der Waals surface area contributed by atoms with Gasteiger partial charge in [-0.15, -0.1) is 0 Å². The number of anilines is 1. The molecule has 0 saturated heterocycles. The molecule has 152 valence electrons. The van der Waals surface area contributed by atoms with Gasteiger partial charge in [0.25, 0.3) is 0 Å². The molecule has 0 aliphatic heterocycles. The van der Waals surface area contributed by atoms with E-state index >= 15 is 0 Å². The number of aromatic nitrogens is 4. The van der Waals surface area contributed by atoms with Gasteiger partial charge in [-0.05, 0) is 36.4 Å². The van der Waals surface area contributed by atoms with Crippen LogP contribution < -0.4 is 10.5 Å². The first-order valence-electron chi connectivity index (χ1n) is 9.70. The number of benzene rings is 2. The third-order valence-corrected chi connectivity index (χ3v) is 5.28. The van der Waals surface area contributed by atoms with E-state index in [0.717, 1.165) is 27.9 Å². The van der Waals surface area contributed by atoms with Crippen LogP contribution in [0.3, 0.4) is 0 Å². The number of nitrogen functional groups attached to an aromatic ring is 1. The maximum Gasteiger partial charge on any atom is 0.163 e. The average molecular weight is 428 g/mol. The minimum atomic E-state index is 0.487. The number of fused-ring (bicyclic) bond motifs is 1. The molecule has 2 aromatic carbocycles. The predicted octanol–water partition coefficient (Wildman–Crippen LogP) is 5.57. The Bertz CT molecular complexity index is 1370. The van der Waals surface area contributed by atoms with Gasteiger partial charge in [0.15, 0.2) is 5.75 Å². The molecule has 0 aliphatic carbocycles. The molecule has 3 aromatic heterocycles. The molecule has 6 nitrogen and oxygen atoms in total. The molecule has 2 N–H and O–H groups in total. The number of ether oxygens (including phenoxy) is 1. The van der Waals surface area contributed by atoms with Crippen LogP contribution in [0, 0.1) is 0 Å². The number of rotatable bonds is 5. The molecule has 0 saturated carbocycles. The highest BCUT2D eigenvalue weighted by molar-refractivity contribution is 6.33. The summed E-state index contributed by atoms with van der Waals surface area (Å²) in [5.41, 5.74) is 9.70. The number of pyridine rings is 1. The first-order chi connectivity index (χ1) is 15.2. The van der Waals surface area contributed by atoms with Gasteiger partial charge in [0.1, 0.15) is 17.9 Å². The molecule has 0 atom stereocenters. The van der Waals surface area contributed by atoms with Crippen LogP contribution in [0.1, 0.15) is 5.69 Å². The fourth-order valence-electron chi connectivity index (χ4n) is 3.58. The molecule has 7 heteroatoms. The molecule has 0 aliphatic rings. The van der Waals surface area contributed by atoms with Crippen LogP contribution in [-0.4, -0.2) is 19.5 Å². The Labute approximate surface area is 183 Å². The summed E-state index contributed by atoms with van der Waals surface area (Å²) >= 11 is 6.54. The van der Waals surface area contributed by atoms with E-state index in [1.54, 1.807) is 18.5 Å². The molecular weight excluding hydrogens is 410 g/mol. The van der Waals surface area contributed by atoms with Gasteiger partial charge in [0, 0.05) is 22.0 Å². The van der Waals surface area contributed by atoms with Crippen molar-refractivity contribution >= 4 is 28.3 Å². The molecule has 0 bridgehead atoms. The second kappa shape index (κ2) is 8.08. The number of nitrogens with zero attached hydrogens (tertiary/aromatic N) is 4. The van der Waals surface area contributed by atoms with Gasteiger partial charge in [0.2, 0.25) is 0 Å². The Kier molecular flexibility index (Phi) is 4.98. The van der Waals surface area contributed by atoms with Gasteiger partial charge < -0.3 is 15.0 Å². The Morgan fingerprint density at radius 1 is 0.903 bits per heavy atom. The molecule has 5 aromatic rings. The Morgan fingerprint density at radius 3 is 2.55 bits per heavy atom. The molecule has 5 rings (SSSR count). The number of nitrogens with two attached hydrogens (primary N) is 1. The van der Waals surface area contributed by atoms with Crippen molar-refractivity contribution in [2.45, 2.75) is 6.54 Å². The van der Waals surface area contributed by atoms with Gasteiger partial charge >= 0.3 is 0 Å². The summed E-state index contributed by atoms with van der Waals surface area (Å²) in [7, 11) is 0. The third kappa shape index (κ3) is 3.93. The first kappa shape index (κ1) is 19.1. The van der Waals surface area contributed by atoms with Crippen LogP contribution in [0.5, 0.6) is 11.5 Å². The van der Waals surface area contributed by atoms with Crippen LogP contribution in [0.15, 0.2) is 85.5 Å². The minimum Gasteiger partial charge on any atom is -0.454 e. The van der Waals surface area contributed by atoms with Gasteiger partial charge in [-0.1, -0.05) is 35.9 Å². The lowest BCUT2D eigenvalue weighted by Crippen LogP contribution is -2.05. The molecule has 0 amide bonds. The monoisotopic (exact) mass is 427 g/mol. The van der Waals surface area contributed by atoms with Crippen LogP contribution in [0.25, 0.3) is 22.2 Å². The summed E-state index contributed by atoms with van der Waals surface area (Å²) in [5, 5.41) is 1.75. The van der Waals surface area contributed by atoms with E-state index in [1.807, 2.05) is 54.6 Å². The highest BCUT2D eigenvalue weighted by atomic mass is 35.5. The SMILES string of the molecule is Nc1cccc(Cn2c(-c3ccccc3Cl)cc3ccc(Oc4cncnc4)cc32)n1. The van der Waals surface area contributed by atoms with Crippen LogP contribution in [0.4, 0.5) is 5.82 Å². The van der Waals surface area contributed by atoms with E-state index in [4.69, 9.17) is 22.1 Å². The highest BCUT2D eigenvalue weighted by Gasteiger charge is 2.15.